The topological polar surface area (TPSA) is 55.6 Å². The quantitative estimate of drug-likeness (QED) is 0.409. The molecule has 1 amide bonds. The molecule has 0 atom stereocenters. The van der Waals surface area contributed by atoms with Gasteiger partial charge in [0, 0.05) is 17.1 Å². The number of thioether (sulfide) groups is 1. The SMILES string of the molecule is CCOc1ccc(-n2c(C)cc(/C=C3\SC(=Nc4cccc(Cl)c4Cl)NC3=O)c2C)cc1. The summed E-state index contributed by atoms with van der Waals surface area (Å²) >= 11 is 13.5. The van der Waals surface area contributed by atoms with E-state index in [9.17, 15) is 4.79 Å². The summed E-state index contributed by atoms with van der Waals surface area (Å²) in [7, 11) is 0. The fourth-order valence-corrected chi connectivity index (χ4v) is 4.66. The van der Waals surface area contributed by atoms with Gasteiger partial charge in [0.15, 0.2) is 5.17 Å². The molecule has 5 nitrogen and oxygen atoms in total. The number of nitrogens with one attached hydrogen (secondary N) is 1. The first-order valence-corrected chi connectivity index (χ1v) is 11.6. The van der Waals surface area contributed by atoms with Gasteiger partial charge in [-0.05, 0) is 86.6 Å². The molecular formula is C24H21Cl2N3O2S. The van der Waals surface area contributed by atoms with Gasteiger partial charge in [-0.15, -0.1) is 0 Å². The van der Waals surface area contributed by atoms with Gasteiger partial charge in [0.2, 0.25) is 0 Å². The lowest BCUT2D eigenvalue weighted by atomic mass is 10.2. The first-order chi connectivity index (χ1) is 15.4. The minimum absolute atomic E-state index is 0.197. The Morgan fingerprint density at radius 1 is 1.16 bits per heavy atom. The average Bonchev–Trinajstić information content (AvgIpc) is 3.24. The molecule has 0 bridgehead atoms. The van der Waals surface area contributed by atoms with Crippen molar-refractivity contribution in [2.75, 3.05) is 6.61 Å². The predicted octanol–water partition coefficient (Wildman–Crippen LogP) is 6.69. The van der Waals surface area contributed by atoms with E-state index in [1.54, 1.807) is 18.2 Å². The molecule has 0 radical (unpaired) electrons. The molecule has 2 heterocycles. The molecule has 1 N–H and O–H groups in total. The molecule has 32 heavy (non-hydrogen) atoms. The van der Waals surface area contributed by atoms with Crippen molar-refractivity contribution in [3.63, 3.8) is 0 Å². The molecule has 1 fully saturated rings. The molecule has 2 aromatic carbocycles. The van der Waals surface area contributed by atoms with Crippen LogP contribution in [0, 0.1) is 13.8 Å². The van der Waals surface area contributed by atoms with Gasteiger partial charge in [0.25, 0.3) is 5.91 Å². The first kappa shape index (κ1) is 22.5. The molecule has 0 saturated carbocycles. The zero-order valence-corrected chi connectivity index (χ0v) is 20.1. The Balaban J connectivity index is 1.62. The number of amidine groups is 1. The lowest BCUT2D eigenvalue weighted by molar-refractivity contribution is -0.115. The van der Waals surface area contributed by atoms with Gasteiger partial charge in [-0.3, -0.25) is 4.79 Å². The summed E-state index contributed by atoms with van der Waals surface area (Å²) in [6.07, 6.45) is 1.88. The van der Waals surface area contributed by atoms with Crippen LogP contribution < -0.4 is 10.1 Å². The molecular weight excluding hydrogens is 465 g/mol. The second-order valence-electron chi connectivity index (χ2n) is 7.14. The molecule has 0 unspecified atom stereocenters. The van der Waals surface area contributed by atoms with E-state index >= 15 is 0 Å². The highest BCUT2D eigenvalue weighted by Gasteiger charge is 2.25. The Labute approximate surface area is 201 Å². The molecule has 1 aromatic heterocycles. The van der Waals surface area contributed by atoms with Gasteiger partial charge in [0.1, 0.15) is 5.75 Å². The Morgan fingerprint density at radius 2 is 1.91 bits per heavy atom. The molecule has 164 valence electrons. The third kappa shape index (κ3) is 4.58. The fourth-order valence-electron chi connectivity index (χ4n) is 3.50. The van der Waals surface area contributed by atoms with Crippen LogP contribution in [-0.4, -0.2) is 22.2 Å². The number of carbonyl (C=O) groups excluding carboxylic acids is 1. The number of ether oxygens (including phenoxy) is 1. The Morgan fingerprint density at radius 3 is 2.62 bits per heavy atom. The zero-order valence-electron chi connectivity index (χ0n) is 17.8. The molecule has 1 saturated heterocycles. The maximum atomic E-state index is 12.5. The molecule has 1 aliphatic heterocycles. The lowest BCUT2D eigenvalue weighted by Crippen LogP contribution is -2.19. The van der Waals surface area contributed by atoms with Crippen LogP contribution >= 0.6 is 35.0 Å². The van der Waals surface area contributed by atoms with Crippen LogP contribution in [0.1, 0.15) is 23.9 Å². The smallest absolute Gasteiger partial charge is 0.264 e. The average molecular weight is 486 g/mol. The number of nitrogens with zero attached hydrogens (tertiary/aromatic N) is 2. The summed E-state index contributed by atoms with van der Waals surface area (Å²) in [6, 6.07) is 15.2. The molecule has 1 aliphatic rings. The van der Waals surface area contributed by atoms with Crippen molar-refractivity contribution in [2.45, 2.75) is 20.8 Å². The molecule has 3 aromatic rings. The van der Waals surface area contributed by atoms with Gasteiger partial charge < -0.3 is 14.6 Å². The van der Waals surface area contributed by atoms with Crippen molar-refractivity contribution in [2.24, 2.45) is 4.99 Å². The van der Waals surface area contributed by atoms with Gasteiger partial charge in [0.05, 0.1) is 27.2 Å². The Hall–Kier alpha value is -2.67. The number of benzene rings is 2. The standard InChI is InChI=1S/C24H21Cl2N3O2S/c1-4-31-18-10-8-17(9-11-18)29-14(2)12-16(15(29)3)13-21-23(30)28-24(32-21)27-20-7-5-6-19(25)22(20)26/h5-13H,4H2,1-3H3,(H,27,28,30)/b21-13-. The second-order valence-corrected chi connectivity index (χ2v) is 8.96. The summed E-state index contributed by atoms with van der Waals surface area (Å²) in [5.74, 6) is 0.643. The minimum atomic E-state index is -0.197. The van der Waals surface area contributed by atoms with Crippen LogP contribution in [0.5, 0.6) is 5.75 Å². The number of carbonyl (C=O) groups is 1. The number of amides is 1. The molecule has 4 rings (SSSR count). The number of hydrogen-bond donors (Lipinski definition) is 1. The maximum absolute atomic E-state index is 12.5. The summed E-state index contributed by atoms with van der Waals surface area (Å²) in [5, 5.41) is 4.03. The second kappa shape index (κ2) is 9.45. The highest BCUT2D eigenvalue weighted by molar-refractivity contribution is 8.18. The highest BCUT2D eigenvalue weighted by Crippen LogP contribution is 2.35. The van der Waals surface area contributed by atoms with Crippen LogP contribution in [0.25, 0.3) is 11.8 Å². The third-order valence-corrected chi connectivity index (χ3v) is 6.69. The number of aryl methyl sites for hydroxylation is 1. The fraction of sp³-hybridized carbons (Fsp3) is 0.167. The van der Waals surface area contributed by atoms with E-state index in [0.717, 1.165) is 28.4 Å². The van der Waals surface area contributed by atoms with Gasteiger partial charge in [-0.25, -0.2) is 4.99 Å². The van der Waals surface area contributed by atoms with Gasteiger partial charge in [-0.1, -0.05) is 29.3 Å². The lowest BCUT2D eigenvalue weighted by Gasteiger charge is -2.11. The maximum Gasteiger partial charge on any atom is 0.264 e. The van der Waals surface area contributed by atoms with E-state index in [2.05, 4.69) is 20.9 Å². The predicted molar refractivity (Wildman–Crippen MR) is 134 cm³/mol. The Kier molecular flexibility index (Phi) is 6.65. The first-order valence-electron chi connectivity index (χ1n) is 10.0. The molecule has 0 aliphatic carbocycles. The number of aromatic nitrogens is 1. The van der Waals surface area contributed by atoms with Crippen molar-refractivity contribution in [1.29, 1.82) is 0 Å². The number of hydrogen-bond acceptors (Lipinski definition) is 4. The third-order valence-electron chi connectivity index (χ3n) is 4.97. The summed E-state index contributed by atoms with van der Waals surface area (Å²) in [5.41, 5.74) is 4.62. The largest absolute Gasteiger partial charge is 0.494 e. The molecule has 0 spiro atoms. The van der Waals surface area contributed by atoms with E-state index < -0.39 is 0 Å². The van der Waals surface area contributed by atoms with Crippen molar-refractivity contribution in [3.8, 4) is 11.4 Å². The van der Waals surface area contributed by atoms with Crippen molar-refractivity contribution in [1.82, 2.24) is 9.88 Å². The monoisotopic (exact) mass is 485 g/mol. The van der Waals surface area contributed by atoms with Crippen LogP contribution in [-0.2, 0) is 4.79 Å². The number of aliphatic imine (C=N–C) groups is 1. The highest BCUT2D eigenvalue weighted by atomic mass is 35.5. The summed E-state index contributed by atoms with van der Waals surface area (Å²) in [6.45, 7) is 6.67. The zero-order chi connectivity index (χ0) is 22.8. The summed E-state index contributed by atoms with van der Waals surface area (Å²) in [4.78, 5) is 17.6. The van der Waals surface area contributed by atoms with Crippen LogP contribution in [0.3, 0.4) is 0 Å². The van der Waals surface area contributed by atoms with Gasteiger partial charge >= 0.3 is 0 Å². The van der Waals surface area contributed by atoms with E-state index in [-0.39, 0.29) is 5.91 Å². The Bertz CT molecular complexity index is 1250. The van der Waals surface area contributed by atoms with Crippen LogP contribution in [0.15, 0.2) is 58.4 Å². The van der Waals surface area contributed by atoms with E-state index in [0.29, 0.717) is 32.4 Å². The van der Waals surface area contributed by atoms with Gasteiger partial charge in [-0.2, -0.15) is 0 Å². The normalized spacial score (nSPS) is 16.1. The minimum Gasteiger partial charge on any atom is -0.494 e. The van der Waals surface area contributed by atoms with Crippen molar-refractivity contribution < 1.29 is 9.53 Å². The number of rotatable bonds is 5. The van der Waals surface area contributed by atoms with Crippen molar-refractivity contribution in [3.05, 3.63) is 80.4 Å². The van der Waals surface area contributed by atoms with E-state index in [4.69, 9.17) is 27.9 Å². The van der Waals surface area contributed by atoms with E-state index in [1.807, 2.05) is 51.1 Å². The molecule has 8 heteroatoms. The van der Waals surface area contributed by atoms with Crippen LogP contribution in [0.2, 0.25) is 10.0 Å². The van der Waals surface area contributed by atoms with E-state index in [1.165, 1.54) is 11.8 Å². The summed E-state index contributed by atoms with van der Waals surface area (Å²) < 4.78 is 7.69. The van der Waals surface area contributed by atoms with Crippen molar-refractivity contribution >= 4 is 57.8 Å². The number of halogens is 2. The van der Waals surface area contributed by atoms with Crippen LogP contribution in [0.4, 0.5) is 5.69 Å².